The first kappa shape index (κ1) is 16.5. The Bertz CT molecular complexity index is 785. The molecule has 1 aliphatic heterocycles. The first-order valence-corrected chi connectivity index (χ1v) is 8.12. The third-order valence-electron chi connectivity index (χ3n) is 4.64. The lowest BCUT2D eigenvalue weighted by molar-refractivity contribution is -0.142. The van der Waals surface area contributed by atoms with Crippen LogP contribution < -0.4 is 0 Å². The number of likely N-dealkylation sites (tertiary alicyclic amines) is 1. The van der Waals surface area contributed by atoms with Gasteiger partial charge in [0.15, 0.2) is 0 Å². The van der Waals surface area contributed by atoms with Gasteiger partial charge in [-0.3, -0.25) is 9.59 Å². The van der Waals surface area contributed by atoms with Gasteiger partial charge >= 0.3 is 5.97 Å². The fourth-order valence-electron chi connectivity index (χ4n) is 3.17. The molecule has 1 saturated heterocycles. The molecule has 3 rings (SSSR count). The van der Waals surface area contributed by atoms with Gasteiger partial charge < -0.3 is 10.0 Å². The summed E-state index contributed by atoms with van der Waals surface area (Å²) in [6, 6.07) is 6.86. The normalized spacial score (nSPS) is 20.4. The van der Waals surface area contributed by atoms with Crippen molar-refractivity contribution in [2.45, 2.75) is 26.3 Å². The predicted molar refractivity (Wildman–Crippen MR) is 89.6 cm³/mol. The van der Waals surface area contributed by atoms with E-state index < -0.39 is 11.9 Å². The third-order valence-corrected chi connectivity index (χ3v) is 4.90. The molecule has 0 spiro atoms. The van der Waals surface area contributed by atoms with Crippen LogP contribution in [0.5, 0.6) is 0 Å². The first-order chi connectivity index (χ1) is 11.4. The molecule has 7 heteroatoms. The van der Waals surface area contributed by atoms with Crippen molar-refractivity contribution in [1.29, 1.82) is 0 Å². The van der Waals surface area contributed by atoms with E-state index in [2.05, 4.69) is 5.10 Å². The number of amides is 1. The summed E-state index contributed by atoms with van der Waals surface area (Å²) in [5.41, 5.74) is 2.02. The minimum absolute atomic E-state index is 0.177. The van der Waals surface area contributed by atoms with Gasteiger partial charge in [0.05, 0.1) is 29.1 Å². The summed E-state index contributed by atoms with van der Waals surface area (Å²) in [6.07, 6.45) is 2.01. The van der Waals surface area contributed by atoms with Gasteiger partial charge in [0.2, 0.25) is 0 Å². The predicted octanol–water partition coefficient (Wildman–Crippen LogP) is 2.77. The second kappa shape index (κ2) is 6.28. The smallest absolute Gasteiger partial charge is 0.308 e. The van der Waals surface area contributed by atoms with Crippen LogP contribution in [0.1, 0.15) is 29.4 Å². The monoisotopic (exact) mass is 347 g/mol. The number of nitrogens with zero attached hydrogens (tertiary/aromatic N) is 3. The van der Waals surface area contributed by atoms with Crippen LogP contribution in [0.15, 0.2) is 30.5 Å². The second-order valence-corrected chi connectivity index (χ2v) is 6.44. The molecule has 1 aromatic carbocycles. The summed E-state index contributed by atoms with van der Waals surface area (Å²) in [5, 5.41) is 14.1. The van der Waals surface area contributed by atoms with E-state index in [1.54, 1.807) is 28.6 Å². The summed E-state index contributed by atoms with van der Waals surface area (Å²) in [5.74, 6) is -1.55. The van der Waals surface area contributed by atoms with Crippen LogP contribution >= 0.6 is 11.6 Å². The summed E-state index contributed by atoms with van der Waals surface area (Å²) in [6.45, 7) is 4.05. The molecule has 2 heterocycles. The van der Waals surface area contributed by atoms with Crippen LogP contribution in [0.3, 0.4) is 0 Å². The molecule has 1 amide bonds. The zero-order chi connectivity index (χ0) is 17.4. The SMILES string of the molecule is Cc1c(C(=O)N2CCC(C(=O)O)C2C)cnn1-c1ccc(Cl)cc1. The lowest BCUT2D eigenvalue weighted by atomic mass is 10.0. The van der Waals surface area contributed by atoms with Crippen LogP contribution in [0.2, 0.25) is 5.02 Å². The number of carboxylic acid groups (broad SMARTS) is 1. The van der Waals surface area contributed by atoms with Crippen molar-refractivity contribution < 1.29 is 14.7 Å². The number of hydrogen-bond donors (Lipinski definition) is 1. The standard InChI is InChI=1S/C17H18ClN3O3/c1-10-14(17(23)24)7-8-20(10)16(22)15-9-19-21(11(15)2)13-5-3-12(18)4-6-13/h3-6,9-10,14H,7-8H2,1-2H3,(H,23,24). The number of carboxylic acids is 1. The van der Waals surface area contributed by atoms with E-state index in [4.69, 9.17) is 11.6 Å². The van der Waals surface area contributed by atoms with E-state index in [9.17, 15) is 14.7 Å². The summed E-state index contributed by atoms with van der Waals surface area (Å²) in [7, 11) is 0. The highest BCUT2D eigenvalue weighted by molar-refractivity contribution is 6.30. The number of hydrogen-bond acceptors (Lipinski definition) is 3. The van der Waals surface area contributed by atoms with Crippen molar-refractivity contribution in [1.82, 2.24) is 14.7 Å². The number of halogens is 1. The van der Waals surface area contributed by atoms with Crippen molar-refractivity contribution in [2.24, 2.45) is 5.92 Å². The Labute approximate surface area is 144 Å². The van der Waals surface area contributed by atoms with E-state index >= 15 is 0 Å². The number of aliphatic carboxylic acids is 1. The average molecular weight is 348 g/mol. The molecule has 2 atom stereocenters. The lowest BCUT2D eigenvalue weighted by Gasteiger charge is -2.23. The van der Waals surface area contributed by atoms with Gasteiger partial charge in [-0.25, -0.2) is 4.68 Å². The van der Waals surface area contributed by atoms with Crippen molar-refractivity contribution in [3.8, 4) is 5.69 Å². The van der Waals surface area contributed by atoms with Gasteiger partial charge in [-0.15, -0.1) is 0 Å². The highest BCUT2D eigenvalue weighted by Crippen LogP contribution is 2.27. The summed E-state index contributed by atoms with van der Waals surface area (Å²) < 4.78 is 1.68. The van der Waals surface area contributed by atoms with Gasteiger partial charge in [-0.2, -0.15) is 5.10 Å². The van der Waals surface area contributed by atoms with Gasteiger partial charge in [-0.05, 0) is 44.5 Å². The largest absolute Gasteiger partial charge is 0.481 e. The number of benzene rings is 1. The maximum Gasteiger partial charge on any atom is 0.308 e. The zero-order valence-electron chi connectivity index (χ0n) is 13.4. The molecule has 1 aromatic heterocycles. The minimum atomic E-state index is -0.855. The van der Waals surface area contributed by atoms with E-state index in [0.717, 1.165) is 5.69 Å². The highest BCUT2D eigenvalue weighted by atomic mass is 35.5. The van der Waals surface area contributed by atoms with Gasteiger partial charge in [0, 0.05) is 17.6 Å². The number of carbonyl (C=O) groups is 2. The maximum absolute atomic E-state index is 12.8. The van der Waals surface area contributed by atoms with Gasteiger partial charge in [0.1, 0.15) is 0 Å². The van der Waals surface area contributed by atoms with E-state index in [1.807, 2.05) is 19.1 Å². The van der Waals surface area contributed by atoms with Crippen LogP contribution in [0, 0.1) is 12.8 Å². The molecule has 2 aromatic rings. The molecule has 1 N–H and O–H groups in total. The van der Waals surface area contributed by atoms with E-state index in [0.29, 0.717) is 29.2 Å². The van der Waals surface area contributed by atoms with Crippen LogP contribution in [-0.4, -0.2) is 44.3 Å². The van der Waals surface area contributed by atoms with E-state index in [-0.39, 0.29) is 11.9 Å². The molecule has 0 aliphatic carbocycles. The van der Waals surface area contributed by atoms with Crippen LogP contribution in [0.4, 0.5) is 0 Å². The molecule has 126 valence electrons. The quantitative estimate of drug-likeness (QED) is 0.926. The molecule has 0 radical (unpaired) electrons. The molecular formula is C17H18ClN3O3. The Hall–Kier alpha value is -2.34. The highest BCUT2D eigenvalue weighted by Gasteiger charge is 2.39. The van der Waals surface area contributed by atoms with Gasteiger partial charge in [0.25, 0.3) is 5.91 Å². The summed E-state index contributed by atoms with van der Waals surface area (Å²) in [4.78, 5) is 25.7. The topological polar surface area (TPSA) is 75.4 Å². The molecule has 24 heavy (non-hydrogen) atoms. The van der Waals surface area contributed by atoms with Crippen LogP contribution in [-0.2, 0) is 4.79 Å². The second-order valence-electron chi connectivity index (χ2n) is 6.00. The van der Waals surface area contributed by atoms with Crippen molar-refractivity contribution in [3.63, 3.8) is 0 Å². The summed E-state index contributed by atoms with van der Waals surface area (Å²) >= 11 is 5.90. The molecule has 1 aliphatic rings. The zero-order valence-corrected chi connectivity index (χ0v) is 14.2. The number of rotatable bonds is 3. The Balaban J connectivity index is 1.87. The molecule has 0 bridgehead atoms. The first-order valence-electron chi connectivity index (χ1n) is 7.74. The fourth-order valence-corrected chi connectivity index (χ4v) is 3.30. The number of carbonyl (C=O) groups excluding carboxylic acids is 1. The molecule has 1 fully saturated rings. The average Bonchev–Trinajstić information content (AvgIpc) is 3.11. The van der Waals surface area contributed by atoms with Gasteiger partial charge in [-0.1, -0.05) is 11.6 Å². The Morgan fingerprint density at radius 1 is 1.29 bits per heavy atom. The Morgan fingerprint density at radius 3 is 2.54 bits per heavy atom. The lowest BCUT2D eigenvalue weighted by Crippen LogP contribution is -2.37. The molecule has 2 unspecified atom stereocenters. The molecule has 6 nitrogen and oxygen atoms in total. The number of aromatic nitrogens is 2. The van der Waals surface area contributed by atoms with Crippen molar-refractivity contribution in [3.05, 3.63) is 46.7 Å². The Morgan fingerprint density at radius 2 is 1.96 bits per heavy atom. The minimum Gasteiger partial charge on any atom is -0.481 e. The van der Waals surface area contributed by atoms with Crippen molar-refractivity contribution in [2.75, 3.05) is 6.54 Å². The van der Waals surface area contributed by atoms with Crippen LogP contribution in [0.25, 0.3) is 5.69 Å². The maximum atomic E-state index is 12.8. The van der Waals surface area contributed by atoms with Crippen molar-refractivity contribution >= 4 is 23.5 Å². The fraction of sp³-hybridized carbons (Fsp3) is 0.353. The van der Waals surface area contributed by atoms with E-state index in [1.165, 1.54) is 6.20 Å². The molecule has 0 saturated carbocycles. The third kappa shape index (κ3) is 2.78. The molecular weight excluding hydrogens is 330 g/mol. The Kier molecular flexibility index (Phi) is 4.32.